The molecule has 0 aliphatic carbocycles. The third-order valence-corrected chi connectivity index (χ3v) is 2.93. The summed E-state index contributed by atoms with van der Waals surface area (Å²) in [7, 11) is 0. The molecule has 1 aromatic carbocycles. The number of nitrogens with two attached hydrogens (primary N) is 1. The van der Waals surface area contributed by atoms with Crippen LogP contribution in [0.2, 0.25) is 0 Å². The lowest BCUT2D eigenvalue weighted by Gasteiger charge is -2.10. The molecule has 20 heavy (non-hydrogen) atoms. The molecule has 0 radical (unpaired) electrons. The first kappa shape index (κ1) is 13.9. The van der Waals surface area contributed by atoms with Crippen molar-refractivity contribution in [2.24, 2.45) is 10.9 Å². The van der Waals surface area contributed by atoms with Gasteiger partial charge in [-0.05, 0) is 18.2 Å². The molecule has 1 heterocycles. The number of rotatable bonds is 3. The lowest BCUT2D eigenvalue weighted by molar-refractivity contribution is 0.102. The van der Waals surface area contributed by atoms with Crippen molar-refractivity contribution in [2.75, 3.05) is 5.32 Å². The number of aromatic nitrogens is 2. The van der Waals surface area contributed by atoms with E-state index in [1.165, 1.54) is 18.7 Å². The topological polar surface area (TPSA) is 113 Å². The average Bonchev–Trinajstić information content (AvgIpc) is 2.47. The Labute approximate surface area is 122 Å². The summed E-state index contributed by atoms with van der Waals surface area (Å²) in [5.74, 6) is -0.493. The predicted molar refractivity (Wildman–Crippen MR) is 76.6 cm³/mol. The largest absolute Gasteiger partial charge is 0.409 e. The number of amides is 1. The van der Waals surface area contributed by atoms with E-state index in [-0.39, 0.29) is 5.84 Å². The van der Waals surface area contributed by atoms with E-state index in [1.54, 1.807) is 18.2 Å². The fourth-order valence-corrected chi connectivity index (χ4v) is 1.87. The van der Waals surface area contributed by atoms with Gasteiger partial charge in [0.15, 0.2) is 5.84 Å². The van der Waals surface area contributed by atoms with Gasteiger partial charge in [-0.3, -0.25) is 4.79 Å². The van der Waals surface area contributed by atoms with Crippen LogP contribution in [0.25, 0.3) is 0 Å². The fourth-order valence-electron chi connectivity index (χ4n) is 1.51. The number of carbonyl (C=O) groups is 1. The van der Waals surface area contributed by atoms with Crippen LogP contribution in [0.5, 0.6) is 0 Å². The number of carbonyl (C=O) groups excluding carboxylic acids is 1. The van der Waals surface area contributed by atoms with Crippen molar-refractivity contribution in [3.05, 3.63) is 52.5 Å². The van der Waals surface area contributed by atoms with Gasteiger partial charge in [0.2, 0.25) is 0 Å². The van der Waals surface area contributed by atoms with Crippen molar-refractivity contribution in [1.82, 2.24) is 9.97 Å². The minimum atomic E-state index is -0.393. The number of nitrogens with zero attached hydrogens (tertiary/aromatic N) is 3. The Balaban J connectivity index is 2.33. The van der Waals surface area contributed by atoms with Crippen LogP contribution in [-0.2, 0) is 0 Å². The molecule has 0 aliphatic rings. The van der Waals surface area contributed by atoms with Gasteiger partial charge in [-0.1, -0.05) is 21.1 Å². The molecule has 102 valence electrons. The maximum Gasteiger partial charge on any atom is 0.258 e. The second-order valence-electron chi connectivity index (χ2n) is 3.76. The molecule has 4 N–H and O–H groups in total. The standard InChI is InChI=1S/C12H10BrN5O2/c13-8-1-2-9(11(14)18-20)10(3-8)17-12(19)7-4-15-6-16-5-7/h1-6,20H,(H2,14,18)(H,17,19). The molecule has 1 aromatic heterocycles. The maximum atomic E-state index is 12.0. The van der Waals surface area contributed by atoms with Gasteiger partial charge in [0.25, 0.3) is 5.91 Å². The molecule has 0 atom stereocenters. The highest BCUT2D eigenvalue weighted by molar-refractivity contribution is 9.10. The Kier molecular flexibility index (Phi) is 4.26. The summed E-state index contributed by atoms with van der Waals surface area (Å²) < 4.78 is 0.742. The molecule has 0 unspecified atom stereocenters. The monoisotopic (exact) mass is 335 g/mol. The quantitative estimate of drug-likeness (QED) is 0.341. The highest BCUT2D eigenvalue weighted by atomic mass is 79.9. The van der Waals surface area contributed by atoms with Gasteiger partial charge in [-0.15, -0.1) is 0 Å². The van der Waals surface area contributed by atoms with Crippen LogP contribution in [0.4, 0.5) is 5.69 Å². The first-order chi connectivity index (χ1) is 9.61. The molecule has 1 amide bonds. The molecule has 0 saturated carbocycles. The molecule has 2 aromatic rings. The first-order valence-electron chi connectivity index (χ1n) is 5.45. The summed E-state index contributed by atoms with van der Waals surface area (Å²) in [6, 6.07) is 4.99. The van der Waals surface area contributed by atoms with E-state index in [0.29, 0.717) is 16.8 Å². The van der Waals surface area contributed by atoms with Crippen LogP contribution in [0, 0.1) is 0 Å². The van der Waals surface area contributed by atoms with Crippen molar-refractivity contribution in [2.45, 2.75) is 0 Å². The first-order valence-corrected chi connectivity index (χ1v) is 6.25. The van der Waals surface area contributed by atoms with Crippen molar-refractivity contribution < 1.29 is 10.0 Å². The number of benzene rings is 1. The summed E-state index contributed by atoms with van der Waals surface area (Å²) in [4.78, 5) is 19.6. The zero-order valence-electron chi connectivity index (χ0n) is 10.1. The van der Waals surface area contributed by atoms with Crippen molar-refractivity contribution >= 4 is 33.4 Å². The molecular formula is C12H10BrN5O2. The summed E-state index contributed by atoms with van der Waals surface area (Å²) in [5, 5.41) is 14.3. The summed E-state index contributed by atoms with van der Waals surface area (Å²) in [6.07, 6.45) is 4.12. The molecule has 0 saturated heterocycles. The summed E-state index contributed by atoms with van der Waals surface area (Å²) in [6.45, 7) is 0. The zero-order valence-corrected chi connectivity index (χ0v) is 11.7. The van der Waals surface area contributed by atoms with Crippen LogP contribution in [-0.4, -0.2) is 26.9 Å². The van der Waals surface area contributed by atoms with E-state index in [9.17, 15) is 4.79 Å². The van der Waals surface area contributed by atoms with Gasteiger partial charge in [0, 0.05) is 22.4 Å². The molecule has 0 fully saturated rings. The van der Waals surface area contributed by atoms with E-state index in [2.05, 4.69) is 36.4 Å². The summed E-state index contributed by atoms with van der Waals surface area (Å²) >= 11 is 3.29. The lowest BCUT2D eigenvalue weighted by atomic mass is 10.1. The maximum absolute atomic E-state index is 12.0. The minimum Gasteiger partial charge on any atom is -0.409 e. The van der Waals surface area contributed by atoms with Crippen LogP contribution < -0.4 is 11.1 Å². The van der Waals surface area contributed by atoms with Crippen LogP contribution >= 0.6 is 15.9 Å². The van der Waals surface area contributed by atoms with Crippen LogP contribution in [0.15, 0.2) is 46.5 Å². The SMILES string of the molecule is N/C(=N/O)c1ccc(Br)cc1NC(=O)c1cncnc1. The fraction of sp³-hybridized carbons (Fsp3) is 0. The van der Waals surface area contributed by atoms with Gasteiger partial charge < -0.3 is 16.3 Å². The third-order valence-electron chi connectivity index (χ3n) is 2.44. The molecule has 8 heteroatoms. The Hall–Kier alpha value is -2.48. The van der Waals surface area contributed by atoms with Crippen LogP contribution in [0.3, 0.4) is 0 Å². The number of halogens is 1. The number of anilines is 1. The van der Waals surface area contributed by atoms with Crippen molar-refractivity contribution in [1.29, 1.82) is 0 Å². The minimum absolute atomic E-state index is 0.0999. The summed E-state index contributed by atoms with van der Waals surface area (Å²) in [5.41, 5.74) is 6.68. The van der Waals surface area contributed by atoms with E-state index < -0.39 is 5.91 Å². The van der Waals surface area contributed by atoms with E-state index >= 15 is 0 Å². The third kappa shape index (κ3) is 3.09. The molecule has 7 nitrogen and oxygen atoms in total. The van der Waals surface area contributed by atoms with Gasteiger partial charge in [-0.2, -0.15) is 0 Å². The molecule has 2 rings (SSSR count). The number of hydrogen-bond acceptors (Lipinski definition) is 5. The zero-order chi connectivity index (χ0) is 14.5. The van der Waals surface area contributed by atoms with E-state index in [1.807, 2.05) is 0 Å². The van der Waals surface area contributed by atoms with Crippen LogP contribution in [0.1, 0.15) is 15.9 Å². The number of nitrogens with one attached hydrogen (secondary N) is 1. The Bertz CT molecular complexity index is 660. The second kappa shape index (κ2) is 6.11. The normalized spacial score (nSPS) is 11.2. The highest BCUT2D eigenvalue weighted by Gasteiger charge is 2.12. The number of amidine groups is 1. The number of hydrogen-bond donors (Lipinski definition) is 3. The molecule has 0 bridgehead atoms. The Morgan fingerprint density at radius 1 is 1.35 bits per heavy atom. The molecule has 0 spiro atoms. The highest BCUT2D eigenvalue weighted by Crippen LogP contribution is 2.22. The second-order valence-corrected chi connectivity index (χ2v) is 4.67. The Morgan fingerprint density at radius 2 is 2.05 bits per heavy atom. The predicted octanol–water partition coefficient (Wildman–Crippen LogP) is 1.59. The van der Waals surface area contributed by atoms with Gasteiger partial charge in [0.1, 0.15) is 6.33 Å². The van der Waals surface area contributed by atoms with Gasteiger partial charge in [0.05, 0.1) is 11.3 Å². The van der Waals surface area contributed by atoms with E-state index in [0.717, 1.165) is 4.47 Å². The number of oxime groups is 1. The Morgan fingerprint density at radius 3 is 2.70 bits per heavy atom. The average molecular weight is 336 g/mol. The lowest BCUT2D eigenvalue weighted by Crippen LogP contribution is -2.19. The van der Waals surface area contributed by atoms with Gasteiger partial charge in [-0.25, -0.2) is 9.97 Å². The van der Waals surface area contributed by atoms with Crippen molar-refractivity contribution in [3.8, 4) is 0 Å². The van der Waals surface area contributed by atoms with E-state index in [4.69, 9.17) is 10.9 Å². The smallest absolute Gasteiger partial charge is 0.258 e. The molecular weight excluding hydrogens is 326 g/mol. The molecule has 0 aliphatic heterocycles. The van der Waals surface area contributed by atoms with Crippen molar-refractivity contribution in [3.63, 3.8) is 0 Å². The van der Waals surface area contributed by atoms with Gasteiger partial charge >= 0.3 is 0 Å².